The highest BCUT2D eigenvalue weighted by Gasteiger charge is 2.13. The van der Waals surface area contributed by atoms with Crippen molar-refractivity contribution in [1.29, 1.82) is 0 Å². The van der Waals surface area contributed by atoms with Gasteiger partial charge in [0.2, 0.25) is 0 Å². The molecule has 3 rings (SSSR count). The van der Waals surface area contributed by atoms with Crippen molar-refractivity contribution in [2.45, 2.75) is 6.92 Å². The third kappa shape index (κ3) is 2.80. The zero-order valence-electron chi connectivity index (χ0n) is 12.1. The van der Waals surface area contributed by atoms with Crippen molar-refractivity contribution in [3.8, 4) is 5.69 Å². The van der Waals surface area contributed by atoms with E-state index in [1.165, 1.54) is 0 Å². The Kier molecular flexibility index (Phi) is 3.81. The van der Waals surface area contributed by atoms with Crippen LogP contribution in [-0.4, -0.2) is 25.5 Å². The lowest BCUT2D eigenvalue weighted by atomic mass is 10.3. The highest BCUT2D eigenvalue weighted by molar-refractivity contribution is 9.10. The van der Waals surface area contributed by atoms with Crippen LogP contribution in [0.3, 0.4) is 0 Å². The first-order chi connectivity index (χ1) is 10.5. The Hall–Kier alpha value is -2.41. The number of anilines is 1. The minimum Gasteiger partial charge on any atom is -0.318 e. The summed E-state index contributed by atoms with van der Waals surface area (Å²) in [4.78, 5) is 12.2. The van der Waals surface area contributed by atoms with E-state index < -0.39 is 0 Å². The van der Waals surface area contributed by atoms with Gasteiger partial charge in [-0.15, -0.1) is 0 Å². The second-order valence-electron chi connectivity index (χ2n) is 4.87. The van der Waals surface area contributed by atoms with Gasteiger partial charge in [0.15, 0.2) is 0 Å². The topological polar surface area (TPSA) is 64.7 Å². The predicted molar refractivity (Wildman–Crippen MR) is 87.2 cm³/mol. The number of amides is 1. The Labute approximate surface area is 135 Å². The van der Waals surface area contributed by atoms with Crippen molar-refractivity contribution in [3.05, 3.63) is 58.6 Å². The Morgan fingerprint density at radius 3 is 2.77 bits per heavy atom. The Balaban J connectivity index is 1.82. The zero-order valence-corrected chi connectivity index (χ0v) is 13.7. The smallest absolute Gasteiger partial charge is 0.274 e. The fourth-order valence-electron chi connectivity index (χ4n) is 2.17. The maximum atomic E-state index is 12.2. The standard InChI is InChI=1S/C15H14BrN5O/c1-10-7-14(20(2)19-10)15(22)18-11-8-17-21(9-11)13-6-4-3-5-12(13)16/h3-9H,1-2H3,(H,18,22). The SMILES string of the molecule is Cc1cc(C(=O)Nc2cnn(-c3ccccc3Br)c2)n(C)n1. The second-order valence-corrected chi connectivity index (χ2v) is 5.73. The molecular formula is C15H14BrN5O. The highest BCUT2D eigenvalue weighted by Crippen LogP contribution is 2.21. The molecule has 2 aromatic heterocycles. The first-order valence-electron chi connectivity index (χ1n) is 6.66. The highest BCUT2D eigenvalue weighted by atomic mass is 79.9. The molecule has 0 radical (unpaired) electrons. The van der Waals surface area contributed by atoms with Crippen LogP contribution >= 0.6 is 15.9 Å². The van der Waals surface area contributed by atoms with Gasteiger partial charge < -0.3 is 5.32 Å². The summed E-state index contributed by atoms with van der Waals surface area (Å²) in [6.07, 6.45) is 3.38. The largest absolute Gasteiger partial charge is 0.318 e. The monoisotopic (exact) mass is 359 g/mol. The Bertz CT molecular complexity index is 836. The summed E-state index contributed by atoms with van der Waals surface area (Å²) in [6.45, 7) is 1.85. The van der Waals surface area contributed by atoms with Gasteiger partial charge in [0.1, 0.15) is 5.69 Å². The maximum absolute atomic E-state index is 12.2. The lowest BCUT2D eigenvalue weighted by Gasteiger charge is -2.04. The van der Waals surface area contributed by atoms with Gasteiger partial charge in [0, 0.05) is 11.5 Å². The van der Waals surface area contributed by atoms with Crippen LogP contribution in [0.15, 0.2) is 47.2 Å². The predicted octanol–water partition coefficient (Wildman–Crippen LogP) is 2.93. The molecule has 7 heteroatoms. The number of hydrogen-bond donors (Lipinski definition) is 1. The normalized spacial score (nSPS) is 10.7. The van der Waals surface area contributed by atoms with Gasteiger partial charge in [-0.25, -0.2) is 4.68 Å². The van der Waals surface area contributed by atoms with E-state index in [0.29, 0.717) is 11.4 Å². The third-order valence-corrected chi connectivity index (χ3v) is 3.84. The van der Waals surface area contributed by atoms with Crippen molar-refractivity contribution < 1.29 is 4.79 Å². The van der Waals surface area contributed by atoms with Crippen molar-refractivity contribution in [2.75, 3.05) is 5.32 Å². The molecule has 2 heterocycles. The molecule has 0 aliphatic rings. The molecule has 1 N–H and O–H groups in total. The average Bonchev–Trinajstić information content (AvgIpc) is 3.06. The molecule has 0 fully saturated rings. The van der Waals surface area contributed by atoms with E-state index in [-0.39, 0.29) is 5.91 Å². The first-order valence-corrected chi connectivity index (χ1v) is 7.45. The van der Waals surface area contributed by atoms with Gasteiger partial charge in [-0.05, 0) is 41.1 Å². The molecule has 0 atom stereocenters. The number of nitrogens with one attached hydrogen (secondary N) is 1. The molecule has 3 aromatic rings. The van der Waals surface area contributed by atoms with Crippen LogP contribution in [0, 0.1) is 6.92 Å². The molecule has 0 spiro atoms. The molecule has 0 aliphatic heterocycles. The molecule has 22 heavy (non-hydrogen) atoms. The van der Waals surface area contributed by atoms with E-state index in [4.69, 9.17) is 0 Å². The number of carbonyl (C=O) groups is 1. The molecule has 0 saturated carbocycles. The average molecular weight is 360 g/mol. The van der Waals surface area contributed by atoms with Gasteiger partial charge in [-0.1, -0.05) is 12.1 Å². The molecule has 112 valence electrons. The molecule has 6 nitrogen and oxygen atoms in total. The molecule has 1 aromatic carbocycles. The molecular weight excluding hydrogens is 346 g/mol. The second kappa shape index (κ2) is 5.76. The molecule has 0 saturated heterocycles. The Morgan fingerprint density at radius 1 is 1.32 bits per heavy atom. The number of nitrogens with zero attached hydrogens (tertiary/aromatic N) is 4. The quantitative estimate of drug-likeness (QED) is 0.781. The van der Waals surface area contributed by atoms with Gasteiger partial charge in [0.25, 0.3) is 5.91 Å². The number of hydrogen-bond acceptors (Lipinski definition) is 3. The fraction of sp³-hybridized carbons (Fsp3) is 0.133. The lowest BCUT2D eigenvalue weighted by molar-refractivity contribution is 0.101. The Morgan fingerprint density at radius 2 is 2.09 bits per heavy atom. The maximum Gasteiger partial charge on any atom is 0.274 e. The summed E-state index contributed by atoms with van der Waals surface area (Å²) in [5.41, 5.74) is 2.83. The van der Waals surface area contributed by atoms with E-state index in [1.54, 1.807) is 34.9 Å². The van der Waals surface area contributed by atoms with Crippen molar-refractivity contribution in [3.63, 3.8) is 0 Å². The van der Waals surface area contributed by atoms with Crippen LogP contribution in [-0.2, 0) is 7.05 Å². The van der Waals surface area contributed by atoms with Crippen molar-refractivity contribution in [1.82, 2.24) is 19.6 Å². The van der Waals surface area contributed by atoms with E-state index in [9.17, 15) is 4.79 Å². The van der Waals surface area contributed by atoms with E-state index in [2.05, 4.69) is 31.4 Å². The number of rotatable bonds is 3. The van der Waals surface area contributed by atoms with Gasteiger partial charge in [0.05, 0.1) is 29.5 Å². The van der Waals surface area contributed by atoms with Crippen molar-refractivity contribution in [2.24, 2.45) is 7.05 Å². The molecule has 0 unspecified atom stereocenters. The van der Waals surface area contributed by atoms with E-state index in [1.807, 2.05) is 31.2 Å². The van der Waals surface area contributed by atoms with E-state index in [0.717, 1.165) is 15.9 Å². The van der Waals surface area contributed by atoms with Crippen molar-refractivity contribution >= 4 is 27.5 Å². The minimum absolute atomic E-state index is 0.213. The zero-order chi connectivity index (χ0) is 15.7. The first kappa shape index (κ1) is 14.5. The third-order valence-electron chi connectivity index (χ3n) is 3.17. The fourth-order valence-corrected chi connectivity index (χ4v) is 2.64. The molecule has 0 aliphatic carbocycles. The number of aromatic nitrogens is 4. The summed E-state index contributed by atoms with van der Waals surface area (Å²) in [5, 5.41) is 11.3. The van der Waals surface area contributed by atoms with Crippen LogP contribution in [0.1, 0.15) is 16.2 Å². The van der Waals surface area contributed by atoms with Gasteiger partial charge in [-0.2, -0.15) is 10.2 Å². The van der Waals surface area contributed by atoms with Crippen LogP contribution in [0.5, 0.6) is 0 Å². The summed E-state index contributed by atoms with van der Waals surface area (Å²) in [5.74, 6) is -0.213. The number of para-hydroxylation sites is 1. The minimum atomic E-state index is -0.213. The number of halogens is 1. The van der Waals surface area contributed by atoms with Crippen LogP contribution in [0.25, 0.3) is 5.69 Å². The number of carbonyl (C=O) groups excluding carboxylic acids is 1. The molecule has 1 amide bonds. The summed E-state index contributed by atoms with van der Waals surface area (Å²) >= 11 is 3.48. The molecule has 0 bridgehead atoms. The summed E-state index contributed by atoms with van der Waals surface area (Å²) < 4.78 is 4.19. The lowest BCUT2D eigenvalue weighted by Crippen LogP contribution is -2.15. The van der Waals surface area contributed by atoms with Gasteiger partial charge in [-0.3, -0.25) is 9.48 Å². The number of benzene rings is 1. The van der Waals surface area contributed by atoms with E-state index >= 15 is 0 Å². The number of aryl methyl sites for hydroxylation is 2. The van der Waals surface area contributed by atoms with Gasteiger partial charge >= 0.3 is 0 Å². The van der Waals surface area contributed by atoms with Crippen LogP contribution < -0.4 is 5.32 Å². The van der Waals surface area contributed by atoms with Crippen LogP contribution in [0.2, 0.25) is 0 Å². The van der Waals surface area contributed by atoms with Crippen LogP contribution in [0.4, 0.5) is 5.69 Å². The summed E-state index contributed by atoms with van der Waals surface area (Å²) in [6, 6.07) is 9.48. The summed E-state index contributed by atoms with van der Waals surface area (Å²) in [7, 11) is 1.74.